The Morgan fingerprint density at radius 2 is 2.06 bits per heavy atom. The molecule has 1 aromatic rings. The zero-order valence-electron chi connectivity index (χ0n) is 8.26. The molecule has 1 rings (SSSR count). The topological polar surface area (TPSA) is 95.6 Å². The van der Waals surface area contributed by atoms with Gasteiger partial charge in [-0.05, 0) is 12.1 Å². The van der Waals surface area contributed by atoms with Crippen LogP contribution < -0.4 is 5.32 Å². The molecule has 6 nitrogen and oxygen atoms in total. The van der Waals surface area contributed by atoms with E-state index in [4.69, 9.17) is 21.8 Å². The number of aliphatic hydroxyl groups excluding tert-OH is 2. The Kier molecular flexibility index (Phi) is 4.48. The van der Waals surface area contributed by atoms with Gasteiger partial charge in [0.05, 0.1) is 24.2 Å². The van der Waals surface area contributed by atoms with Crippen LogP contribution >= 0.6 is 11.6 Å². The molecule has 16 heavy (non-hydrogen) atoms. The van der Waals surface area contributed by atoms with Gasteiger partial charge in [0.2, 0.25) is 0 Å². The van der Waals surface area contributed by atoms with Crippen molar-refractivity contribution in [2.45, 2.75) is 6.04 Å². The molecule has 0 radical (unpaired) electrons. The molecule has 0 atom stereocenters. The molecule has 0 fully saturated rings. The van der Waals surface area contributed by atoms with Crippen LogP contribution in [0.15, 0.2) is 18.2 Å². The third kappa shape index (κ3) is 3.06. The number of hydrogen-bond acceptors (Lipinski definition) is 5. The van der Waals surface area contributed by atoms with Gasteiger partial charge in [-0.25, -0.2) is 0 Å². The van der Waals surface area contributed by atoms with E-state index in [0.29, 0.717) is 0 Å². The largest absolute Gasteiger partial charge is 0.394 e. The normalized spacial score (nSPS) is 10.5. The van der Waals surface area contributed by atoms with Gasteiger partial charge < -0.3 is 15.5 Å². The molecule has 0 amide bonds. The molecular formula is C9H11ClN2O4. The highest BCUT2D eigenvalue weighted by atomic mass is 35.5. The van der Waals surface area contributed by atoms with Crippen molar-refractivity contribution in [1.82, 2.24) is 0 Å². The van der Waals surface area contributed by atoms with Crippen molar-refractivity contribution in [3.05, 3.63) is 33.3 Å². The molecule has 7 heteroatoms. The van der Waals surface area contributed by atoms with E-state index >= 15 is 0 Å². The van der Waals surface area contributed by atoms with Crippen molar-refractivity contribution in [2.24, 2.45) is 0 Å². The van der Waals surface area contributed by atoms with Crippen molar-refractivity contribution in [3.8, 4) is 0 Å². The van der Waals surface area contributed by atoms with Gasteiger partial charge in [-0.15, -0.1) is 0 Å². The number of nitro benzene ring substituents is 1. The Hall–Kier alpha value is -1.37. The number of halogens is 1. The number of benzene rings is 1. The van der Waals surface area contributed by atoms with Crippen LogP contribution in [0.1, 0.15) is 0 Å². The van der Waals surface area contributed by atoms with E-state index in [9.17, 15) is 10.1 Å². The molecule has 0 spiro atoms. The first kappa shape index (κ1) is 12.7. The number of nitro groups is 1. The third-order valence-corrected chi connectivity index (χ3v) is 2.19. The summed E-state index contributed by atoms with van der Waals surface area (Å²) in [6, 6.07) is 3.48. The second-order valence-corrected chi connectivity index (χ2v) is 3.56. The van der Waals surface area contributed by atoms with E-state index in [-0.39, 0.29) is 29.6 Å². The summed E-state index contributed by atoms with van der Waals surface area (Å²) in [6.07, 6.45) is 0. The van der Waals surface area contributed by atoms with E-state index in [2.05, 4.69) is 5.32 Å². The van der Waals surface area contributed by atoms with Gasteiger partial charge in [0, 0.05) is 11.1 Å². The van der Waals surface area contributed by atoms with Crippen molar-refractivity contribution < 1.29 is 15.1 Å². The third-order valence-electron chi connectivity index (χ3n) is 1.96. The van der Waals surface area contributed by atoms with Crippen molar-refractivity contribution in [2.75, 3.05) is 18.5 Å². The van der Waals surface area contributed by atoms with Gasteiger partial charge in [0.15, 0.2) is 0 Å². The zero-order chi connectivity index (χ0) is 12.1. The molecule has 0 aliphatic carbocycles. The number of nitrogens with one attached hydrogen (secondary N) is 1. The Labute approximate surface area is 96.6 Å². The molecule has 0 aliphatic rings. The second kappa shape index (κ2) is 5.64. The van der Waals surface area contributed by atoms with Gasteiger partial charge in [-0.3, -0.25) is 10.1 Å². The first-order valence-corrected chi connectivity index (χ1v) is 4.88. The number of aliphatic hydroxyl groups is 2. The number of anilines is 1. The van der Waals surface area contributed by atoms with Crippen molar-refractivity contribution >= 4 is 23.0 Å². The van der Waals surface area contributed by atoms with Crippen LogP contribution in [0.2, 0.25) is 5.02 Å². The summed E-state index contributed by atoms with van der Waals surface area (Å²) < 4.78 is 0. The average Bonchev–Trinajstić information content (AvgIpc) is 2.27. The predicted molar refractivity (Wildman–Crippen MR) is 59.7 cm³/mol. The smallest absolute Gasteiger partial charge is 0.293 e. The Morgan fingerprint density at radius 1 is 1.44 bits per heavy atom. The first-order valence-electron chi connectivity index (χ1n) is 4.50. The molecule has 0 bridgehead atoms. The lowest BCUT2D eigenvalue weighted by atomic mass is 10.2. The fraction of sp³-hybridized carbons (Fsp3) is 0.333. The Morgan fingerprint density at radius 3 is 2.56 bits per heavy atom. The molecule has 0 saturated carbocycles. The van der Waals surface area contributed by atoms with E-state index < -0.39 is 11.0 Å². The van der Waals surface area contributed by atoms with E-state index in [1.165, 1.54) is 18.2 Å². The van der Waals surface area contributed by atoms with Gasteiger partial charge in [0.25, 0.3) is 5.69 Å². The van der Waals surface area contributed by atoms with Gasteiger partial charge in [-0.1, -0.05) is 11.6 Å². The molecule has 0 heterocycles. The minimum Gasteiger partial charge on any atom is -0.394 e. The highest BCUT2D eigenvalue weighted by Gasteiger charge is 2.16. The zero-order valence-corrected chi connectivity index (χ0v) is 9.02. The highest BCUT2D eigenvalue weighted by molar-refractivity contribution is 6.30. The molecule has 1 aromatic carbocycles. The highest BCUT2D eigenvalue weighted by Crippen LogP contribution is 2.28. The predicted octanol–water partition coefficient (Wildman–Crippen LogP) is 1.01. The molecule has 0 aromatic heterocycles. The fourth-order valence-electron chi connectivity index (χ4n) is 1.15. The van der Waals surface area contributed by atoms with Gasteiger partial charge in [-0.2, -0.15) is 0 Å². The molecular weight excluding hydrogens is 236 g/mol. The molecule has 0 saturated heterocycles. The lowest BCUT2D eigenvalue weighted by Crippen LogP contribution is -2.27. The standard InChI is InChI=1S/C9H11ClN2O4/c10-6-1-2-8(9(3-6)12(15)16)11-7(4-13)5-14/h1-3,7,11,13-14H,4-5H2. The molecule has 0 unspecified atom stereocenters. The lowest BCUT2D eigenvalue weighted by molar-refractivity contribution is -0.384. The number of hydrogen-bond donors (Lipinski definition) is 3. The first-order chi connectivity index (χ1) is 7.58. The summed E-state index contributed by atoms with van der Waals surface area (Å²) in [5.41, 5.74) is 0.0156. The summed E-state index contributed by atoms with van der Waals surface area (Å²) in [6.45, 7) is -0.646. The SMILES string of the molecule is O=[N+]([O-])c1cc(Cl)ccc1NC(CO)CO. The molecule has 3 N–H and O–H groups in total. The van der Waals surface area contributed by atoms with Crippen LogP contribution in [0, 0.1) is 10.1 Å². The summed E-state index contributed by atoms with van der Waals surface area (Å²) in [5, 5.41) is 31.3. The van der Waals surface area contributed by atoms with Gasteiger partial charge >= 0.3 is 0 Å². The Balaban J connectivity index is 2.98. The minimum absolute atomic E-state index is 0.195. The maximum absolute atomic E-state index is 10.7. The maximum atomic E-state index is 10.7. The number of rotatable bonds is 5. The Bertz CT molecular complexity index is 382. The van der Waals surface area contributed by atoms with Gasteiger partial charge in [0.1, 0.15) is 5.69 Å². The number of nitrogens with zero attached hydrogens (tertiary/aromatic N) is 1. The van der Waals surface area contributed by atoms with E-state index in [1.807, 2.05) is 0 Å². The fourth-order valence-corrected chi connectivity index (χ4v) is 1.31. The summed E-state index contributed by atoms with van der Waals surface area (Å²) in [7, 11) is 0. The van der Waals surface area contributed by atoms with Crippen LogP contribution in [0.4, 0.5) is 11.4 Å². The molecule has 88 valence electrons. The average molecular weight is 247 g/mol. The van der Waals surface area contributed by atoms with E-state index in [0.717, 1.165) is 0 Å². The van der Waals surface area contributed by atoms with Crippen LogP contribution in [0.25, 0.3) is 0 Å². The van der Waals surface area contributed by atoms with E-state index in [1.54, 1.807) is 0 Å². The quantitative estimate of drug-likeness (QED) is 0.532. The summed E-state index contributed by atoms with van der Waals surface area (Å²) in [5.74, 6) is 0. The van der Waals surface area contributed by atoms with Crippen LogP contribution in [-0.2, 0) is 0 Å². The monoisotopic (exact) mass is 246 g/mol. The molecule has 0 aliphatic heterocycles. The van der Waals surface area contributed by atoms with Crippen molar-refractivity contribution in [3.63, 3.8) is 0 Å². The maximum Gasteiger partial charge on any atom is 0.293 e. The van der Waals surface area contributed by atoms with Crippen LogP contribution in [0.3, 0.4) is 0 Å². The summed E-state index contributed by atoms with van der Waals surface area (Å²) in [4.78, 5) is 10.1. The second-order valence-electron chi connectivity index (χ2n) is 3.12. The van der Waals surface area contributed by atoms with Crippen LogP contribution in [0.5, 0.6) is 0 Å². The lowest BCUT2D eigenvalue weighted by Gasteiger charge is -2.14. The van der Waals surface area contributed by atoms with Crippen LogP contribution in [-0.4, -0.2) is 34.4 Å². The summed E-state index contributed by atoms with van der Waals surface area (Å²) >= 11 is 5.63. The van der Waals surface area contributed by atoms with Crippen molar-refractivity contribution in [1.29, 1.82) is 0 Å². The minimum atomic E-state index is -0.639.